The zero-order chi connectivity index (χ0) is 14.5. The van der Waals surface area contributed by atoms with Crippen molar-refractivity contribution in [1.82, 2.24) is 15.5 Å². The van der Waals surface area contributed by atoms with Crippen LogP contribution in [0.15, 0.2) is 0 Å². The predicted molar refractivity (Wildman–Crippen MR) is 89.5 cm³/mol. The Morgan fingerprint density at radius 3 is 2.82 bits per heavy atom. The van der Waals surface area contributed by atoms with Gasteiger partial charge in [0, 0.05) is 38.3 Å². The number of ether oxygens (including phenoxy) is 1. The molecule has 22 heavy (non-hydrogen) atoms. The zero-order valence-corrected chi connectivity index (χ0v) is 14.3. The van der Waals surface area contributed by atoms with Crippen molar-refractivity contribution in [3.63, 3.8) is 0 Å². The van der Waals surface area contributed by atoms with E-state index < -0.39 is 0 Å². The van der Waals surface area contributed by atoms with E-state index in [1.54, 1.807) is 0 Å². The number of piperazine rings is 1. The van der Waals surface area contributed by atoms with Crippen LogP contribution in [0.4, 0.5) is 0 Å². The first-order valence-electron chi connectivity index (χ1n) is 8.63. The van der Waals surface area contributed by atoms with Crippen LogP contribution < -0.4 is 10.6 Å². The molecule has 128 valence electrons. The Bertz CT molecular complexity index is 347. The fourth-order valence-corrected chi connectivity index (χ4v) is 4.10. The molecule has 1 atom stereocenters. The summed E-state index contributed by atoms with van der Waals surface area (Å²) in [6, 6.07) is 0. The van der Waals surface area contributed by atoms with Crippen molar-refractivity contribution in [2.75, 3.05) is 39.3 Å². The number of nitrogens with zero attached hydrogens (tertiary/aromatic N) is 1. The largest absolute Gasteiger partial charge is 0.376 e. The number of amides is 1. The molecule has 0 bridgehead atoms. The number of rotatable bonds is 4. The molecule has 1 spiro atoms. The molecule has 0 radical (unpaired) electrons. The molecule has 1 unspecified atom stereocenters. The van der Waals surface area contributed by atoms with Crippen LogP contribution in [0.25, 0.3) is 0 Å². The summed E-state index contributed by atoms with van der Waals surface area (Å²) >= 11 is 0. The van der Waals surface area contributed by atoms with E-state index in [9.17, 15) is 4.79 Å². The minimum atomic E-state index is 0. The monoisotopic (exact) mass is 331 g/mol. The molecule has 2 N–H and O–H groups in total. The van der Waals surface area contributed by atoms with E-state index in [-0.39, 0.29) is 30.0 Å². The van der Waals surface area contributed by atoms with Crippen molar-refractivity contribution in [3.8, 4) is 0 Å². The molecule has 0 aromatic rings. The lowest BCUT2D eigenvalue weighted by Gasteiger charge is -2.49. The maximum Gasteiger partial charge on any atom is 0.234 e. The van der Waals surface area contributed by atoms with Crippen LogP contribution in [0, 0.1) is 0 Å². The van der Waals surface area contributed by atoms with Crippen molar-refractivity contribution in [2.45, 2.75) is 56.6 Å². The first-order chi connectivity index (χ1) is 10.3. The Morgan fingerprint density at radius 2 is 2.09 bits per heavy atom. The van der Waals surface area contributed by atoms with E-state index >= 15 is 0 Å². The average molecular weight is 332 g/mol. The summed E-state index contributed by atoms with van der Waals surface area (Å²) in [7, 11) is 0. The van der Waals surface area contributed by atoms with Gasteiger partial charge >= 0.3 is 0 Å². The Kier molecular flexibility index (Phi) is 6.93. The second kappa shape index (κ2) is 8.48. The molecule has 1 aliphatic carbocycles. The van der Waals surface area contributed by atoms with Gasteiger partial charge in [0.15, 0.2) is 0 Å². The molecule has 1 saturated carbocycles. The number of halogens is 1. The van der Waals surface area contributed by atoms with Crippen LogP contribution in [0.2, 0.25) is 0 Å². The first kappa shape index (κ1) is 18.0. The molecule has 2 saturated heterocycles. The summed E-state index contributed by atoms with van der Waals surface area (Å²) in [6.45, 7) is 5.12. The highest BCUT2D eigenvalue weighted by Gasteiger charge is 2.40. The highest BCUT2D eigenvalue weighted by molar-refractivity contribution is 5.85. The van der Waals surface area contributed by atoms with E-state index in [4.69, 9.17) is 4.74 Å². The number of nitrogens with one attached hydrogen (secondary N) is 2. The lowest BCUT2D eigenvalue weighted by Crippen LogP contribution is -2.63. The van der Waals surface area contributed by atoms with Gasteiger partial charge in [-0.3, -0.25) is 9.69 Å². The van der Waals surface area contributed by atoms with Crippen molar-refractivity contribution in [2.24, 2.45) is 0 Å². The minimum Gasteiger partial charge on any atom is -0.376 e. The Labute approximate surface area is 139 Å². The lowest BCUT2D eigenvalue weighted by molar-refractivity contribution is -0.125. The predicted octanol–water partition coefficient (Wildman–Crippen LogP) is 1.31. The molecule has 1 amide bonds. The van der Waals surface area contributed by atoms with E-state index in [0.717, 1.165) is 39.1 Å². The van der Waals surface area contributed by atoms with Gasteiger partial charge in [-0.15, -0.1) is 12.4 Å². The van der Waals surface area contributed by atoms with Gasteiger partial charge in [0.25, 0.3) is 0 Å². The highest BCUT2D eigenvalue weighted by atomic mass is 35.5. The van der Waals surface area contributed by atoms with Crippen LogP contribution in [0.5, 0.6) is 0 Å². The molecular formula is C16H30ClN3O2. The fourth-order valence-electron chi connectivity index (χ4n) is 4.10. The van der Waals surface area contributed by atoms with Crippen LogP contribution >= 0.6 is 12.4 Å². The molecule has 2 heterocycles. The van der Waals surface area contributed by atoms with Gasteiger partial charge in [-0.2, -0.15) is 0 Å². The lowest BCUT2D eigenvalue weighted by atomic mass is 9.79. The van der Waals surface area contributed by atoms with Gasteiger partial charge in [-0.25, -0.2) is 0 Å². The SMILES string of the molecule is Cl.O=C(CN1CCNCC12CCCCC2)NCC1CCCO1. The Balaban J connectivity index is 0.00000176. The van der Waals surface area contributed by atoms with Gasteiger partial charge in [-0.05, 0) is 25.7 Å². The number of hydrogen-bond acceptors (Lipinski definition) is 4. The third-order valence-corrected chi connectivity index (χ3v) is 5.35. The minimum absolute atomic E-state index is 0. The van der Waals surface area contributed by atoms with Gasteiger partial charge in [0.2, 0.25) is 5.91 Å². The van der Waals surface area contributed by atoms with Crippen LogP contribution in [0.3, 0.4) is 0 Å². The summed E-state index contributed by atoms with van der Waals surface area (Å²) in [5.74, 6) is 0.164. The molecule has 3 rings (SSSR count). The molecule has 5 nitrogen and oxygen atoms in total. The van der Waals surface area contributed by atoms with Crippen LogP contribution in [0.1, 0.15) is 44.9 Å². The molecule has 0 aromatic heterocycles. The topological polar surface area (TPSA) is 53.6 Å². The maximum absolute atomic E-state index is 12.3. The summed E-state index contributed by atoms with van der Waals surface area (Å²) in [5.41, 5.74) is 0.234. The van der Waals surface area contributed by atoms with E-state index in [2.05, 4.69) is 15.5 Å². The molecule has 3 aliphatic rings. The highest BCUT2D eigenvalue weighted by Crippen LogP contribution is 2.34. The summed E-state index contributed by atoms with van der Waals surface area (Å²) in [4.78, 5) is 14.7. The van der Waals surface area contributed by atoms with E-state index in [1.807, 2.05) is 0 Å². The fraction of sp³-hybridized carbons (Fsp3) is 0.938. The summed E-state index contributed by atoms with van der Waals surface area (Å²) in [6.07, 6.45) is 8.87. The quantitative estimate of drug-likeness (QED) is 0.815. The standard InChI is InChI=1S/C16H29N3O2.ClH/c20-15(18-11-14-5-4-10-21-14)12-19-9-8-17-13-16(19)6-2-1-3-7-16;/h14,17H,1-13H2,(H,18,20);1H. The zero-order valence-electron chi connectivity index (χ0n) is 13.4. The third-order valence-electron chi connectivity index (χ3n) is 5.35. The van der Waals surface area contributed by atoms with Crippen molar-refractivity contribution < 1.29 is 9.53 Å². The van der Waals surface area contributed by atoms with Gasteiger partial charge in [0.1, 0.15) is 0 Å². The molecule has 2 aliphatic heterocycles. The van der Waals surface area contributed by atoms with Crippen molar-refractivity contribution >= 4 is 18.3 Å². The molecule has 6 heteroatoms. The summed E-state index contributed by atoms with van der Waals surface area (Å²) in [5, 5.41) is 6.60. The smallest absolute Gasteiger partial charge is 0.234 e. The second-order valence-corrected chi connectivity index (χ2v) is 6.82. The summed E-state index contributed by atoms with van der Waals surface area (Å²) < 4.78 is 5.56. The second-order valence-electron chi connectivity index (χ2n) is 6.82. The van der Waals surface area contributed by atoms with E-state index in [0.29, 0.717) is 13.1 Å². The van der Waals surface area contributed by atoms with Crippen LogP contribution in [-0.4, -0.2) is 61.8 Å². The van der Waals surface area contributed by atoms with Gasteiger partial charge < -0.3 is 15.4 Å². The maximum atomic E-state index is 12.3. The van der Waals surface area contributed by atoms with Crippen LogP contribution in [-0.2, 0) is 9.53 Å². The normalized spacial score (nSPS) is 28.3. The number of hydrogen-bond donors (Lipinski definition) is 2. The van der Waals surface area contributed by atoms with Gasteiger partial charge in [0.05, 0.1) is 12.6 Å². The Hall–Kier alpha value is -0.360. The van der Waals surface area contributed by atoms with E-state index in [1.165, 1.54) is 32.1 Å². The third kappa shape index (κ3) is 4.34. The molecule has 3 fully saturated rings. The molecular weight excluding hydrogens is 302 g/mol. The number of carbonyl (C=O) groups excluding carboxylic acids is 1. The average Bonchev–Trinajstić information content (AvgIpc) is 3.02. The molecule has 0 aromatic carbocycles. The van der Waals surface area contributed by atoms with Gasteiger partial charge in [-0.1, -0.05) is 19.3 Å². The first-order valence-corrected chi connectivity index (χ1v) is 8.63. The number of carbonyl (C=O) groups is 1. The Morgan fingerprint density at radius 1 is 1.27 bits per heavy atom. The van der Waals surface area contributed by atoms with Crippen molar-refractivity contribution in [3.05, 3.63) is 0 Å². The van der Waals surface area contributed by atoms with Crippen molar-refractivity contribution in [1.29, 1.82) is 0 Å².